The molecule has 5 aromatic rings. The number of likely N-dealkylation sites (tertiary alicyclic amines) is 1. The number of hydrogen-bond donors (Lipinski definition) is 1. The number of amides is 1. The predicted octanol–water partition coefficient (Wildman–Crippen LogP) is 6.06. The van der Waals surface area contributed by atoms with Gasteiger partial charge in [0.2, 0.25) is 0 Å². The highest BCUT2D eigenvalue weighted by Crippen LogP contribution is 2.35. The van der Waals surface area contributed by atoms with Gasteiger partial charge in [0.1, 0.15) is 22.4 Å². The van der Waals surface area contributed by atoms with Crippen molar-refractivity contribution in [1.82, 2.24) is 30.5 Å². The molecular formula is C24H18Cl2N6O2S. The maximum Gasteiger partial charge on any atom is 0.253 e. The smallest absolute Gasteiger partial charge is 0.253 e. The van der Waals surface area contributed by atoms with Crippen molar-refractivity contribution in [3.8, 4) is 22.7 Å². The van der Waals surface area contributed by atoms with Gasteiger partial charge >= 0.3 is 0 Å². The van der Waals surface area contributed by atoms with Crippen LogP contribution in [0, 0.1) is 0 Å². The number of fused-ring (bicyclic) bond motifs is 1. The van der Waals surface area contributed by atoms with E-state index in [0.717, 1.165) is 34.6 Å². The highest BCUT2D eigenvalue weighted by atomic mass is 35.5. The summed E-state index contributed by atoms with van der Waals surface area (Å²) in [6.07, 6.45) is 1.71. The molecule has 0 unspecified atom stereocenters. The van der Waals surface area contributed by atoms with E-state index in [9.17, 15) is 4.79 Å². The lowest BCUT2D eigenvalue weighted by Crippen LogP contribution is -2.37. The number of halogens is 2. The average Bonchev–Trinajstić information content (AvgIpc) is 3.65. The van der Waals surface area contributed by atoms with Crippen LogP contribution in [0.15, 0.2) is 52.4 Å². The number of benzene rings is 2. The first-order valence-corrected chi connectivity index (χ1v) is 12.7. The van der Waals surface area contributed by atoms with Crippen LogP contribution in [0.3, 0.4) is 0 Å². The van der Waals surface area contributed by atoms with Crippen molar-refractivity contribution in [2.75, 3.05) is 13.1 Å². The first kappa shape index (κ1) is 22.2. The zero-order valence-electron chi connectivity index (χ0n) is 18.2. The van der Waals surface area contributed by atoms with Gasteiger partial charge in [-0.2, -0.15) is 15.4 Å². The fourth-order valence-corrected chi connectivity index (χ4v) is 5.54. The Labute approximate surface area is 213 Å². The fraction of sp³-hybridized carbons (Fsp3) is 0.208. The number of H-pyrrole nitrogens is 1. The Morgan fingerprint density at radius 3 is 2.66 bits per heavy atom. The van der Waals surface area contributed by atoms with Crippen LogP contribution in [-0.2, 0) is 0 Å². The summed E-state index contributed by atoms with van der Waals surface area (Å²) in [5, 5.41) is 18.8. The molecule has 11 heteroatoms. The number of nitrogens with one attached hydrogen (secondary N) is 1. The molecule has 3 aromatic heterocycles. The van der Waals surface area contributed by atoms with Crippen LogP contribution >= 0.6 is 34.5 Å². The van der Waals surface area contributed by atoms with Crippen molar-refractivity contribution < 1.29 is 9.32 Å². The quantitative estimate of drug-likeness (QED) is 0.306. The van der Waals surface area contributed by atoms with Crippen LogP contribution in [0.25, 0.3) is 33.7 Å². The van der Waals surface area contributed by atoms with Gasteiger partial charge in [0.05, 0.1) is 15.1 Å². The molecule has 0 atom stereocenters. The zero-order valence-corrected chi connectivity index (χ0v) is 20.6. The normalized spacial score (nSPS) is 14.6. The summed E-state index contributed by atoms with van der Waals surface area (Å²) in [5.74, 6) is 0.919. The topological polar surface area (TPSA) is 101 Å². The van der Waals surface area contributed by atoms with Gasteiger partial charge in [0, 0.05) is 41.6 Å². The number of thiazole rings is 1. The summed E-state index contributed by atoms with van der Waals surface area (Å²) in [4.78, 5) is 19.7. The van der Waals surface area contributed by atoms with Gasteiger partial charge < -0.3 is 9.42 Å². The maximum atomic E-state index is 13.0. The summed E-state index contributed by atoms with van der Waals surface area (Å²) in [7, 11) is 0. The summed E-state index contributed by atoms with van der Waals surface area (Å²) < 4.78 is 5.55. The van der Waals surface area contributed by atoms with Crippen LogP contribution in [0.2, 0.25) is 10.0 Å². The molecule has 1 aliphatic heterocycles. The first-order valence-electron chi connectivity index (χ1n) is 11.0. The van der Waals surface area contributed by atoms with E-state index in [1.165, 1.54) is 0 Å². The number of hydrogen-bond acceptors (Lipinski definition) is 7. The van der Waals surface area contributed by atoms with Crippen LogP contribution in [-0.4, -0.2) is 49.4 Å². The van der Waals surface area contributed by atoms with Gasteiger partial charge in [-0.1, -0.05) is 34.4 Å². The van der Waals surface area contributed by atoms with E-state index in [4.69, 9.17) is 32.7 Å². The minimum atomic E-state index is 0.0182. The number of carbonyl (C=O) groups is 1. The molecule has 8 nitrogen and oxygen atoms in total. The molecule has 1 amide bonds. The van der Waals surface area contributed by atoms with Crippen molar-refractivity contribution in [2.45, 2.75) is 18.8 Å². The van der Waals surface area contributed by atoms with E-state index in [1.54, 1.807) is 35.6 Å². The van der Waals surface area contributed by atoms with E-state index >= 15 is 0 Å². The van der Waals surface area contributed by atoms with Gasteiger partial charge in [0.15, 0.2) is 5.76 Å². The van der Waals surface area contributed by atoms with Gasteiger partial charge in [-0.15, -0.1) is 11.3 Å². The number of nitrogens with zero attached hydrogens (tertiary/aromatic N) is 5. The van der Waals surface area contributed by atoms with E-state index < -0.39 is 0 Å². The molecule has 0 spiro atoms. The van der Waals surface area contributed by atoms with E-state index in [1.807, 2.05) is 28.5 Å². The second-order valence-electron chi connectivity index (χ2n) is 8.37. The third-order valence-electron chi connectivity index (χ3n) is 6.19. The minimum absolute atomic E-state index is 0.0182. The molecule has 6 rings (SSSR count). The molecule has 2 aromatic carbocycles. The van der Waals surface area contributed by atoms with Crippen LogP contribution in [0.5, 0.6) is 0 Å². The van der Waals surface area contributed by atoms with Crippen molar-refractivity contribution in [3.63, 3.8) is 0 Å². The second kappa shape index (κ2) is 9.07. The third kappa shape index (κ3) is 4.31. The maximum absolute atomic E-state index is 13.0. The van der Waals surface area contributed by atoms with Crippen LogP contribution in [0.1, 0.15) is 34.1 Å². The third-order valence-corrected chi connectivity index (χ3v) is 7.94. The number of piperidine rings is 1. The van der Waals surface area contributed by atoms with Crippen molar-refractivity contribution in [1.29, 1.82) is 0 Å². The average molecular weight is 525 g/mol. The van der Waals surface area contributed by atoms with Crippen LogP contribution in [0.4, 0.5) is 0 Å². The Kier molecular flexibility index (Phi) is 5.75. The molecule has 4 heterocycles. The monoisotopic (exact) mass is 524 g/mol. The van der Waals surface area contributed by atoms with E-state index in [2.05, 4.69) is 20.6 Å². The van der Waals surface area contributed by atoms with Gasteiger partial charge in [-0.25, -0.2) is 4.98 Å². The Morgan fingerprint density at radius 1 is 1.00 bits per heavy atom. The zero-order chi connectivity index (χ0) is 23.9. The molecule has 0 saturated carbocycles. The Balaban J connectivity index is 1.12. The summed E-state index contributed by atoms with van der Waals surface area (Å²) in [6.45, 7) is 1.36. The summed E-state index contributed by atoms with van der Waals surface area (Å²) >= 11 is 13.7. The predicted molar refractivity (Wildman–Crippen MR) is 135 cm³/mol. The molecular weight excluding hydrogens is 507 g/mol. The molecule has 0 bridgehead atoms. The summed E-state index contributed by atoms with van der Waals surface area (Å²) in [6, 6.07) is 12.6. The molecule has 35 heavy (non-hydrogen) atoms. The number of aromatic nitrogens is 5. The Hall–Kier alpha value is -3.27. The van der Waals surface area contributed by atoms with Crippen molar-refractivity contribution in [2.24, 2.45) is 0 Å². The molecule has 176 valence electrons. The molecule has 0 radical (unpaired) electrons. The SMILES string of the molecule is O=C(c1ccc2n[nH]nc2c1)N1CCC(c2nc(-c3cc(-c4ccc(Cl)c(Cl)c4)no3)cs2)CC1. The molecule has 1 fully saturated rings. The Bertz CT molecular complexity index is 1540. The minimum Gasteiger partial charge on any atom is -0.354 e. The molecule has 1 N–H and O–H groups in total. The molecule has 1 saturated heterocycles. The lowest BCUT2D eigenvalue weighted by molar-refractivity contribution is 0.0713. The van der Waals surface area contributed by atoms with Crippen LogP contribution < -0.4 is 0 Å². The summed E-state index contributed by atoms with van der Waals surface area (Å²) in [5.41, 5.74) is 4.31. The largest absolute Gasteiger partial charge is 0.354 e. The van der Waals surface area contributed by atoms with Gasteiger partial charge in [-0.3, -0.25) is 4.79 Å². The number of rotatable bonds is 4. The first-order chi connectivity index (χ1) is 17.0. The van der Waals surface area contributed by atoms with Gasteiger partial charge in [0.25, 0.3) is 5.91 Å². The van der Waals surface area contributed by atoms with E-state index in [0.29, 0.717) is 51.6 Å². The molecule has 0 aliphatic carbocycles. The number of aromatic amines is 1. The van der Waals surface area contributed by atoms with Gasteiger partial charge in [-0.05, 0) is 43.2 Å². The van der Waals surface area contributed by atoms with E-state index in [-0.39, 0.29) is 5.91 Å². The Morgan fingerprint density at radius 2 is 1.83 bits per heavy atom. The second-order valence-corrected chi connectivity index (χ2v) is 10.1. The lowest BCUT2D eigenvalue weighted by Gasteiger charge is -2.31. The fourth-order valence-electron chi connectivity index (χ4n) is 4.26. The standard InChI is InChI=1S/C24H18Cl2N6O2S/c25-16-3-1-14(9-17(16)26)19-11-22(34-30-19)21-12-35-23(27-21)13-5-7-32(8-6-13)24(33)15-2-4-18-20(10-15)29-31-28-18/h1-4,9-13H,5-8H2,(H,28,29,31). The number of carbonyl (C=O) groups excluding carboxylic acids is 1. The molecule has 1 aliphatic rings. The van der Waals surface area contributed by atoms with Crippen molar-refractivity contribution in [3.05, 3.63) is 68.5 Å². The van der Waals surface area contributed by atoms with Crippen molar-refractivity contribution >= 4 is 51.5 Å². The lowest BCUT2D eigenvalue weighted by atomic mass is 9.97. The highest BCUT2D eigenvalue weighted by Gasteiger charge is 2.27. The highest BCUT2D eigenvalue weighted by molar-refractivity contribution is 7.10.